The number of carbonyl (C=O) groups is 1. The molecule has 0 aromatic rings. The molecule has 0 aromatic carbocycles. The molecule has 0 bridgehead atoms. The Labute approximate surface area is 90.5 Å². The van der Waals surface area contributed by atoms with Gasteiger partial charge in [-0.3, -0.25) is 9.69 Å². The first-order valence-electron chi connectivity index (χ1n) is 6.11. The molecule has 15 heavy (non-hydrogen) atoms. The predicted molar refractivity (Wildman–Crippen MR) is 56.6 cm³/mol. The highest BCUT2D eigenvalue weighted by molar-refractivity contribution is 5.79. The molecular weight excluding hydrogens is 190 g/mol. The Hall–Kier alpha value is -0.570. The quantitative estimate of drug-likeness (QED) is 0.750. The number of carboxylic acid groups (broad SMARTS) is 1. The van der Waals surface area contributed by atoms with Crippen molar-refractivity contribution in [3.63, 3.8) is 0 Å². The molecule has 1 saturated heterocycles. The standard InChI is InChI=1S/C12H19NO2/c1-8-3-2-4-10(8)13-6-9-5-12(9,7-13)11(14)15/h8-10H,2-7H2,1H3,(H,14,15). The maximum atomic E-state index is 11.2. The van der Waals surface area contributed by atoms with Crippen LogP contribution in [-0.4, -0.2) is 35.1 Å². The van der Waals surface area contributed by atoms with Gasteiger partial charge in [-0.15, -0.1) is 0 Å². The summed E-state index contributed by atoms with van der Waals surface area (Å²) >= 11 is 0. The number of aliphatic carboxylic acids is 1. The van der Waals surface area contributed by atoms with E-state index in [2.05, 4.69) is 11.8 Å². The van der Waals surface area contributed by atoms with Crippen molar-refractivity contribution in [1.82, 2.24) is 4.90 Å². The van der Waals surface area contributed by atoms with Crippen molar-refractivity contribution >= 4 is 5.97 Å². The van der Waals surface area contributed by atoms with Crippen LogP contribution in [0.25, 0.3) is 0 Å². The zero-order chi connectivity index (χ0) is 10.6. The maximum absolute atomic E-state index is 11.2. The van der Waals surface area contributed by atoms with Crippen molar-refractivity contribution < 1.29 is 9.90 Å². The summed E-state index contributed by atoms with van der Waals surface area (Å²) in [5, 5.41) is 9.21. The minimum atomic E-state index is -0.555. The van der Waals surface area contributed by atoms with Gasteiger partial charge in [0.15, 0.2) is 0 Å². The summed E-state index contributed by atoms with van der Waals surface area (Å²) in [5.74, 6) is 0.678. The van der Waals surface area contributed by atoms with Gasteiger partial charge in [0.1, 0.15) is 0 Å². The molecule has 1 N–H and O–H groups in total. The third kappa shape index (κ3) is 1.25. The van der Waals surface area contributed by atoms with E-state index in [-0.39, 0.29) is 5.41 Å². The fourth-order valence-corrected chi connectivity index (χ4v) is 3.77. The Morgan fingerprint density at radius 3 is 2.80 bits per heavy atom. The zero-order valence-electron chi connectivity index (χ0n) is 9.28. The highest BCUT2D eigenvalue weighted by Gasteiger charge is 2.66. The minimum absolute atomic E-state index is 0.331. The van der Waals surface area contributed by atoms with Crippen LogP contribution in [0.2, 0.25) is 0 Å². The molecule has 0 radical (unpaired) electrons. The number of piperidine rings is 1. The molecular formula is C12H19NO2. The van der Waals surface area contributed by atoms with Crippen molar-refractivity contribution in [2.24, 2.45) is 17.3 Å². The molecule has 3 heteroatoms. The van der Waals surface area contributed by atoms with E-state index in [0.717, 1.165) is 25.4 Å². The molecule has 3 aliphatic rings. The van der Waals surface area contributed by atoms with Crippen LogP contribution in [0.1, 0.15) is 32.6 Å². The molecule has 1 aliphatic heterocycles. The molecule has 0 amide bonds. The van der Waals surface area contributed by atoms with E-state index in [0.29, 0.717) is 12.0 Å². The number of hydrogen-bond acceptors (Lipinski definition) is 2. The van der Waals surface area contributed by atoms with Gasteiger partial charge in [-0.2, -0.15) is 0 Å². The van der Waals surface area contributed by atoms with Crippen molar-refractivity contribution in [3.8, 4) is 0 Å². The van der Waals surface area contributed by atoms with Gasteiger partial charge >= 0.3 is 5.97 Å². The SMILES string of the molecule is CC1CCCC1N1CC2CC2(C(=O)O)C1. The van der Waals surface area contributed by atoms with Gasteiger partial charge in [-0.1, -0.05) is 13.3 Å². The van der Waals surface area contributed by atoms with Crippen molar-refractivity contribution in [3.05, 3.63) is 0 Å². The lowest BCUT2D eigenvalue weighted by Gasteiger charge is -2.29. The third-order valence-electron chi connectivity index (χ3n) is 4.88. The summed E-state index contributed by atoms with van der Waals surface area (Å²) in [4.78, 5) is 13.6. The predicted octanol–water partition coefficient (Wildman–Crippen LogP) is 1.58. The average molecular weight is 209 g/mol. The molecule has 2 saturated carbocycles. The van der Waals surface area contributed by atoms with Crippen LogP contribution in [0.4, 0.5) is 0 Å². The highest BCUT2D eigenvalue weighted by Crippen LogP contribution is 2.59. The van der Waals surface area contributed by atoms with Gasteiger partial charge in [-0.25, -0.2) is 0 Å². The van der Waals surface area contributed by atoms with Crippen LogP contribution in [-0.2, 0) is 4.79 Å². The van der Waals surface area contributed by atoms with E-state index in [9.17, 15) is 9.90 Å². The zero-order valence-corrected chi connectivity index (χ0v) is 9.28. The van der Waals surface area contributed by atoms with E-state index in [1.165, 1.54) is 19.3 Å². The van der Waals surface area contributed by atoms with E-state index in [1.54, 1.807) is 0 Å². The molecule has 0 aromatic heterocycles. The summed E-state index contributed by atoms with van der Waals surface area (Å²) in [6, 6.07) is 0.675. The second kappa shape index (κ2) is 2.97. The van der Waals surface area contributed by atoms with Gasteiger partial charge < -0.3 is 5.11 Å². The van der Waals surface area contributed by atoms with Crippen molar-refractivity contribution in [2.45, 2.75) is 38.6 Å². The second-order valence-corrected chi connectivity index (χ2v) is 5.77. The van der Waals surface area contributed by atoms with E-state index < -0.39 is 5.97 Å². The van der Waals surface area contributed by atoms with Crippen LogP contribution in [0.15, 0.2) is 0 Å². The monoisotopic (exact) mass is 209 g/mol. The van der Waals surface area contributed by atoms with Gasteiger partial charge in [0.25, 0.3) is 0 Å². The first-order valence-corrected chi connectivity index (χ1v) is 6.11. The van der Waals surface area contributed by atoms with Crippen LogP contribution in [0, 0.1) is 17.3 Å². The second-order valence-electron chi connectivity index (χ2n) is 5.77. The normalized spacial score (nSPS) is 49.3. The number of rotatable bonds is 2. The summed E-state index contributed by atoms with van der Waals surface area (Å²) in [6.45, 7) is 4.18. The van der Waals surface area contributed by atoms with Crippen LogP contribution >= 0.6 is 0 Å². The van der Waals surface area contributed by atoms with E-state index in [1.807, 2.05) is 0 Å². The van der Waals surface area contributed by atoms with Crippen molar-refractivity contribution in [2.75, 3.05) is 13.1 Å². The van der Waals surface area contributed by atoms with Gasteiger partial charge in [-0.05, 0) is 31.1 Å². The third-order valence-corrected chi connectivity index (χ3v) is 4.88. The highest BCUT2D eigenvalue weighted by atomic mass is 16.4. The largest absolute Gasteiger partial charge is 0.481 e. The summed E-state index contributed by atoms with van der Waals surface area (Å²) < 4.78 is 0. The molecule has 3 fully saturated rings. The van der Waals surface area contributed by atoms with Gasteiger partial charge in [0, 0.05) is 19.1 Å². The lowest BCUT2D eigenvalue weighted by molar-refractivity contribution is -0.143. The molecule has 1 heterocycles. The number of carboxylic acids is 1. The fourth-order valence-electron chi connectivity index (χ4n) is 3.77. The number of fused-ring (bicyclic) bond motifs is 1. The molecule has 4 unspecified atom stereocenters. The van der Waals surface area contributed by atoms with Gasteiger partial charge in [0.2, 0.25) is 0 Å². The minimum Gasteiger partial charge on any atom is -0.481 e. The van der Waals surface area contributed by atoms with Gasteiger partial charge in [0.05, 0.1) is 5.41 Å². The Balaban J connectivity index is 1.70. The molecule has 3 rings (SSSR count). The van der Waals surface area contributed by atoms with Crippen molar-refractivity contribution in [1.29, 1.82) is 0 Å². The van der Waals surface area contributed by atoms with Crippen LogP contribution in [0.3, 0.4) is 0 Å². The fraction of sp³-hybridized carbons (Fsp3) is 0.917. The topological polar surface area (TPSA) is 40.5 Å². The smallest absolute Gasteiger partial charge is 0.311 e. The Kier molecular flexibility index (Phi) is 1.91. The lowest BCUT2D eigenvalue weighted by atomic mass is 10.0. The first-order chi connectivity index (χ1) is 7.13. The molecule has 84 valence electrons. The number of likely N-dealkylation sites (tertiary alicyclic amines) is 1. The molecule has 2 aliphatic carbocycles. The van der Waals surface area contributed by atoms with E-state index >= 15 is 0 Å². The summed E-state index contributed by atoms with van der Waals surface area (Å²) in [6.07, 6.45) is 4.86. The summed E-state index contributed by atoms with van der Waals surface area (Å²) in [7, 11) is 0. The number of nitrogens with zero attached hydrogens (tertiary/aromatic N) is 1. The molecule has 0 spiro atoms. The maximum Gasteiger partial charge on any atom is 0.311 e. The Bertz CT molecular complexity index is 304. The Morgan fingerprint density at radius 2 is 2.27 bits per heavy atom. The van der Waals surface area contributed by atoms with E-state index in [4.69, 9.17) is 0 Å². The van der Waals surface area contributed by atoms with Crippen LogP contribution < -0.4 is 0 Å². The lowest BCUT2D eigenvalue weighted by Crippen LogP contribution is -2.38. The molecule has 4 atom stereocenters. The Morgan fingerprint density at radius 1 is 1.47 bits per heavy atom. The number of hydrogen-bond donors (Lipinski definition) is 1. The average Bonchev–Trinajstić information content (AvgIpc) is 2.59. The van der Waals surface area contributed by atoms with Crippen LogP contribution in [0.5, 0.6) is 0 Å². The summed E-state index contributed by atoms with van der Waals surface area (Å²) in [5.41, 5.74) is -0.331. The molecule has 3 nitrogen and oxygen atoms in total. The first kappa shape index (κ1) is 9.64.